The molecule has 1 fully saturated rings. The standard InChI is InChI=1S/C30H22N4O5S/c35-27-18-26(29(37)34(27)22-14-10-21(11-15-22)33-32-20-6-2-1-3-7-20)40-23-16-12-19(13-17-23)31-28(36)24-8-4-5-9-25(24)30(38)39/h1-17,26H,18H2,(H,31,36)(H,38,39). The first-order chi connectivity index (χ1) is 19.4. The SMILES string of the molecule is O=C(O)c1ccccc1C(=O)Nc1ccc(SC2CC(=O)N(c3ccc(N=Nc4ccccc4)cc3)C2=O)cc1. The fourth-order valence-corrected chi connectivity index (χ4v) is 5.15. The zero-order valence-corrected chi connectivity index (χ0v) is 21.7. The van der Waals surface area contributed by atoms with Crippen LogP contribution in [0.5, 0.6) is 0 Å². The highest BCUT2D eigenvalue weighted by Crippen LogP contribution is 2.35. The third-order valence-corrected chi connectivity index (χ3v) is 7.24. The van der Waals surface area contributed by atoms with E-state index in [1.54, 1.807) is 60.7 Å². The molecule has 2 N–H and O–H groups in total. The van der Waals surface area contributed by atoms with E-state index in [9.17, 15) is 24.3 Å². The molecule has 0 radical (unpaired) electrons. The summed E-state index contributed by atoms with van der Waals surface area (Å²) in [4.78, 5) is 51.8. The Morgan fingerprint density at radius 2 is 1.38 bits per heavy atom. The van der Waals surface area contributed by atoms with E-state index in [0.717, 1.165) is 10.6 Å². The molecule has 0 saturated carbocycles. The Hall–Kier alpha value is -5.09. The maximum atomic E-state index is 13.1. The Kier molecular flexibility index (Phi) is 7.79. The fraction of sp³-hybridized carbons (Fsp3) is 0.0667. The van der Waals surface area contributed by atoms with Gasteiger partial charge in [-0.3, -0.25) is 14.4 Å². The summed E-state index contributed by atoms with van der Waals surface area (Å²) in [7, 11) is 0. The van der Waals surface area contributed by atoms with Gasteiger partial charge in [-0.2, -0.15) is 10.2 Å². The van der Waals surface area contributed by atoms with Crippen molar-refractivity contribution < 1.29 is 24.3 Å². The molecule has 0 aliphatic carbocycles. The Bertz CT molecular complexity index is 1610. The lowest BCUT2D eigenvalue weighted by atomic mass is 10.1. The van der Waals surface area contributed by atoms with Gasteiger partial charge in [0.1, 0.15) is 0 Å². The zero-order valence-electron chi connectivity index (χ0n) is 20.9. The summed E-state index contributed by atoms with van der Waals surface area (Å²) in [5.74, 6) is -2.33. The highest BCUT2D eigenvalue weighted by atomic mass is 32.2. The quantitative estimate of drug-likeness (QED) is 0.191. The number of aromatic carboxylic acids is 1. The van der Waals surface area contributed by atoms with E-state index in [0.29, 0.717) is 17.1 Å². The minimum Gasteiger partial charge on any atom is -0.478 e. The van der Waals surface area contributed by atoms with E-state index in [2.05, 4.69) is 15.5 Å². The number of azo groups is 1. The van der Waals surface area contributed by atoms with Gasteiger partial charge in [-0.25, -0.2) is 9.69 Å². The lowest BCUT2D eigenvalue weighted by Crippen LogP contribution is -2.30. The number of nitrogens with one attached hydrogen (secondary N) is 1. The normalized spacial score (nSPS) is 15.0. The Labute approximate surface area is 233 Å². The van der Waals surface area contributed by atoms with Crippen LogP contribution in [0.3, 0.4) is 0 Å². The number of anilines is 2. The maximum absolute atomic E-state index is 13.1. The molecule has 10 heteroatoms. The molecule has 198 valence electrons. The molecular formula is C30H22N4O5S. The number of carbonyl (C=O) groups excluding carboxylic acids is 3. The van der Waals surface area contributed by atoms with Gasteiger partial charge in [0.2, 0.25) is 11.8 Å². The summed E-state index contributed by atoms with van der Waals surface area (Å²) in [6, 6.07) is 28.8. The number of imide groups is 1. The largest absolute Gasteiger partial charge is 0.478 e. The van der Waals surface area contributed by atoms with Crippen LogP contribution in [0.4, 0.5) is 22.7 Å². The molecule has 4 aromatic rings. The molecule has 9 nitrogen and oxygen atoms in total. The number of hydrogen-bond donors (Lipinski definition) is 2. The second kappa shape index (κ2) is 11.7. The monoisotopic (exact) mass is 550 g/mol. The number of amides is 3. The van der Waals surface area contributed by atoms with Gasteiger partial charge in [0.05, 0.1) is 33.4 Å². The molecular weight excluding hydrogens is 528 g/mol. The topological polar surface area (TPSA) is 128 Å². The number of carbonyl (C=O) groups is 4. The molecule has 1 saturated heterocycles. The van der Waals surface area contributed by atoms with Crippen LogP contribution >= 0.6 is 11.8 Å². The van der Waals surface area contributed by atoms with Gasteiger partial charge in [-0.05, 0) is 72.8 Å². The predicted molar refractivity (Wildman–Crippen MR) is 152 cm³/mol. The van der Waals surface area contributed by atoms with E-state index >= 15 is 0 Å². The van der Waals surface area contributed by atoms with Crippen LogP contribution in [0, 0.1) is 0 Å². The van der Waals surface area contributed by atoms with Crippen molar-refractivity contribution in [2.24, 2.45) is 10.2 Å². The highest BCUT2D eigenvalue weighted by Gasteiger charge is 2.40. The van der Waals surface area contributed by atoms with Crippen LogP contribution in [-0.2, 0) is 9.59 Å². The summed E-state index contributed by atoms with van der Waals surface area (Å²) >= 11 is 1.26. The van der Waals surface area contributed by atoms with Gasteiger partial charge in [-0.1, -0.05) is 30.3 Å². The Morgan fingerprint density at radius 3 is 2.02 bits per heavy atom. The van der Waals surface area contributed by atoms with Gasteiger partial charge in [0.15, 0.2) is 0 Å². The summed E-state index contributed by atoms with van der Waals surface area (Å²) in [6.45, 7) is 0. The van der Waals surface area contributed by atoms with E-state index in [4.69, 9.17) is 0 Å². The molecule has 1 unspecified atom stereocenters. The third kappa shape index (κ3) is 5.97. The van der Waals surface area contributed by atoms with E-state index in [-0.39, 0.29) is 29.4 Å². The van der Waals surface area contributed by atoms with Gasteiger partial charge < -0.3 is 10.4 Å². The molecule has 5 rings (SSSR count). The molecule has 40 heavy (non-hydrogen) atoms. The summed E-state index contributed by atoms with van der Waals surface area (Å²) in [5, 5.41) is 19.8. The van der Waals surface area contributed by atoms with Gasteiger partial charge >= 0.3 is 5.97 Å². The minimum atomic E-state index is -1.19. The van der Waals surface area contributed by atoms with Crippen LogP contribution in [0.15, 0.2) is 118 Å². The number of carboxylic acids is 1. The van der Waals surface area contributed by atoms with E-state index in [1.807, 2.05) is 30.3 Å². The Morgan fingerprint density at radius 1 is 0.775 bits per heavy atom. The summed E-state index contributed by atoms with van der Waals surface area (Å²) in [6.07, 6.45) is 0.0590. The third-order valence-electron chi connectivity index (χ3n) is 6.04. The number of carboxylic acid groups (broad SMARTS) is 1. The van der Waals surface area contributed by atoms with Crippen LogP contribution in [-0.4, -0.2) is 34.0 Å². The average Bonchev–Trinajstić information content (AvgIpc) is 3.25. The average molecular weight is 551 g/mol. The molecule has 4 aromatic carbocycles. The lowest BCUT2D eigenvalue weighted by Gasteiger charge is -2.15. The lowest BCUT2D eigenvalue weighted by molar-refractivity contribution is -0.121. The first-order valence-corrected chi connectivity index (χ1v) is 13.1. The first kappa shape index (κ1) is 26.5. The fourth-order valence-electron chi connectivity index (χ4n) is 4.09. The van der Waals surface area contributed by atoms with Crippen LogP contribution in [0.25, 0.3) is 0 Å². The van der Waals surface area contributed by atoms with E-state index < -0.39 is 17.1 Å². The zero-order chi connectivity index (χ0) is 28.1. The molecule has 3 amide bonds. The van der Waals surface area contributed by atoms with Gasteiger partial charge in [0, 0.05) is 17.0 Å². The second-order valence-corrected chi connectivity index (χ2v) is 10.0. The first-order valence-electron chi connectivity index (χ1n) is 12.2. The predicted octanol–water partition coefficient (Wildman–Crippen LogP) is 6.48. The van der Waals surface area contributed by atoms with Crippen molar-refractivity contribution in [3.05, 3.63) is 114 Å². The van der Waals surface area contributed by atoms with Crippen molar-refractivity contribution in [3.8, 4) is 0 Å². The van der Waals surface area contributed by atoms with Crippen molar-refractivity contribution in [2.45, 2.75) is 16.6 Å². The van der Waals surface area contributed by atoms with Crippen molar-refractivity contribution in [1.29, 1.82) is 0 Å². The number of thioether (sulfide) groups is 1. The molecule has 1 heterocycles. The molecule has 0 bridgehead atoms. The Balaban J connectivity index is 1.21. The van der Waals surface area contributed by atoms with Gasteiger partial charge in [0.25, 0.3) is 5.91 Å². The molecule has 0 aromatic heterocycles. The number of benzene rings is 4. The van der Waals surface area contributed by atoms with E-state index in [1.165, 1.54) is 28.8 Å². The van der Waals surface area contributed by atoms with Crippen molar-refractivity contribution >= 4 is 58.2 Å². The molecule has 1 atom stereocenters. The van der Waals surface area contributed by atoms with Crippen molar-refractivity contribution in [3.63, 3.8) is 0 Å². The maximum Gasteiger partial charge on any atom is 0.336 e. The highest BCUT2D eigenvalue weighted by molar-refractivity contribution is 8.00. The van der Waals surface area contributed by atoms with Crippen LogP contribution in [0.1, 0.15) is 27.1 Å². The second-order valence-electron chi connectivity index (χ2n) is 8.76. The van der Waals surface area contributed by atoms with Gasteiger partial charge in [-0.15, -0.1) is 11.8 Å². The summed E-state index contributed by atoms with van der Waals surface area (Å²) in [5.41, 5.74) is 2.21. The van der Waals surface area contributed by atoms with Crippen LogP contribution < -0.4 is 10.2 Å². The van der Waals surface area contributed by atoms with Crippen molar-refractivity contribution in [2.75, 3.05) is 10.2 Å². The van der Waals surface area contributed by atoms with Crippen LogP contribution in [0.2, 0.25) is 0 Å². The molecule has 1 aliphatic heterocycles. The number of nitrogens with zero attached hydrogens (tertiary/aromatic N) is 3. The summed E-state index contributed by atoms with van der Waals surface area (Å²) < 4.78 is 0. The smallest absolute Gasteiger partial charge is 0.336 e. The molecule has 1 aliphatic rings. The molecule has 0 spiro atoms. The number of rotatable bonds is 8. The number of hydrogen-bond acceptors (Lipinski definition) is 7. The van der Waals surface area contributed by atoms with Crippen molar-refractivity contribution in [1.82, 2.24) is 0 Å². The minimum absolute atomic E-state index is 0.0518.